The van der Waals surface area contributed by atoms with Crippen LogP contribution in [0.4, 0.5) is 32.0 Å². The van der Waals surface area contributed by atoms with E-state index in [9.17, 15) is 31.1 Å². The number of benzene rings is 2. The molecule has 3 aliphatic heterocycles. The van der Waals surface area contributed by atoms with Crippen molar-refractivity contribution in [2.75, 3.05) is 18.5 Å². The van der Waals surface area contributed by atoms with Gasteiger partial charge in [-0.1, -0.05) is 13.8 Å². The minimum atomic E-state index is -4.98. The lowest BCUT2D eigenvalue weighted by atomic mass is 9.94. The van der Waals surface area contributed by atoms with E-state index in [1.54, 1.807) is 16.8 Å². The number of alkyl halides is 6. The van der Waals surface area contributed by atoms with E-state index < -0.39 is 29.5 Å². The highest BCUT2D eigenvalue weighted by molar-refractivity contribution is 5.96. The van der Waals surface area contributed by atoms with Crippen LogP contribution in [-0.4, -0.2) is 35.5 Å². The van der Waals surface area contributed by atoms with Gasteiger partial charge in [0, 0.05) is 31.7 Å². The summed E-state index contributed by atoms with van der Waals surface area (Å²) in [5.41, 5.74) is 6.03. The van der Waals surface area contributed by atoms with E-state index in [4.69, 9.17) is 4.74 Å². The summed E-state index contributed by atoms with van der Waals surface area (Å²) in [6.07, 6.45) is -7.60. The number of nitrogens with zero attached hydrogens (tertiary/aromatic N) is 4. The highest BCUT2D eigenvalue weighted by atomic mass is 19.4. The molecule has 0 unspecified atom stereocenters. The number of carbonyl (C=O) groups excluding carboxylic acids is 1. The molecule has 0 fully saturated rings. The summed E-state index contributed by atoms with van der Waals surface area (Å²) in [5.74, 6) is 0.0262. The summed E-state index contributed by atoms with van der Waals surface area (Å²) in [6, 6.07) is 4.96. The van der Waals surface area contributed by atoms with E-state index in [-0.39, 0.29) is 36.0 Å². The molecule has 0 aromatic heterocycles. The molecule has 8 nitrogen and oxygen atoms in total. The first-order valence-corrected chi connectivity index (χ1v) is 14.2. The van der Waals surface area contributed by atoms with Crippen molar-refractivity contribution in [2.45, 2.75) is 77.7 Å². The molecule has 2 aromatic rings. The van der Waals surface area contributed by atoms with Crippen LogP contribution in [0.3, 0.4) is 0 Å². The number of halogens is 6. The van der Waals surface area contributed by atoms with E-state index >= 15 is 0 Å². The van der Waals surface area contributed by atoms with E-state index in [2.05, 4.69) is 16.1 Å². The van der Waals surface area contributed by atoms with E-state index in [0.29, 0.717) is 51.1 Å². The summed E-state index contributed by atoms with van der Waals surface area (Å²) in [5, 5.41) is 5.70. The number of hydrogen-bond donors (Lipinski definition) is 2. The van der Waals surface area contributed by atoms with Gasteiger partial charge in [0.1, 0.15) is 0 Å². The molecule has 0 radical (unpaired) electrons. The molecule has 234 valence electrons. The quantitative estimate of drug-likeness (QED) is 0.385. The van der Waals surface area contributed by atoms with Crippen molar-refractivity contribution in [3.8, 4) is 0 Å². The van der Waals surface area contributed by atoms with Crippen molar-refractivity contribution in [3.63, 3.8) is 0 Å². The first-order chi connectivity index (χ1) is 20.3. The fourth-order valence-electron chi connectivity index (χ4n) is 5.96. The van der Waals surface area contributed by atoms with E-state index in [1.807, 2.05) is 26.0 Å². The van der Waals surface area contributed by atoms with E-state index in [1.165, 1.54) is 5.12 Å². The average Bonchev–Trinajstić information content (AvgIpc) is 3.55. The third-order valence-corrected chi connectivity index (χ3v) is 8.20. The largest absolute Gasteiger partial charge is 0.416 e. The molecular formula is C29H34F6N6O2. The lowest BCUT2D eigenvalue weighted by Gasteiger charge is -2.35. The summed E-state index contributed by atoms with van der Waals surface area (Å²) < 4.78 is 88.0. The molecule has 0 bridgehead atoms. The molecule has 1 amide bonds. The minimum absolute atomic E-state index is 0.0113. The number of amides is 1. The van der Waals surface area contributed by atoms with Gasteiger partial charge in [0.2, 0.25) is 11.9 Å². The SMILES string of the molecule is CCC(CC)C(=O)N1CCC[C@H](N(Cc2cc(C(F)(F)F)cc(C(F)(F)F)c2)C2=NNN(C)N2)c2cc3c(cc21)COC3. The number of anilines is 1. The Balaban J connectivity index is 1.63. The molecule has 2 N–H and O–H groups in total. The number of rotatable bonds is 6. The fourth-order valence-corrected chi connectivity index (χ4v) is 5.96. The van der Waals surface area contributed by atoms with Crippen LogP contribution in [0.2, 0.25) is 0 Å². The average molecular weight is 613 g/mol. The summed E-state index contributed by atoms with van der Waals surface area (Å²) >= 11 is 0. The Bertz CT molecular complexity index is 1360. The Labute approximate surface area is 245 Å². The smallest absolute Gasteiger partial charge is 0.372 e. The summed E-state index contributed by atoms with van der Waals surface area (Å²) in [4.78, 5) is 17.2. The minimum Gasteiger partial charge on any atom is -0.372 e. The van der Waals surface area contributed by atoms with Gasteiger partial charge >= 0.3 is 12.4 Å². The molecule has 2 aromatic carbocycles. The maximum atomic E-state index is 13.7. The van der Waals surface area contributed by atoms with Crippen molar-refractivity contribution in [1.82, 2.24) is 21.0 Å². The van der Waals surface area contributed by atoms with Gasteiger partial charge in [0.15, 0.2) is 0 Å². The number of nitrogens with one attached hydrogen (secondary N) is 2. The second-order valence-corrected chi connectivity index (χ2v) is 11.1. The number of carbonyl (C=O) groups is 1. The first kappa shape index (κ1) is 30.9. The van der Waals surface area contributed by atoms with Gasteiger partial charge in [-0.15, -0.1) is 10.2 Å². The Hall–Kier alpha value is -3.52. The number of guanidine groups is 1. The van der Waals surface area contributed by atoms with Crippen molar-refractivity contribution >= 4 is 17.6 Å². The number of fused-ring (bicyclic) bond motifs is 2. The van der Waals surface area contributed by atoms with Crippen LogP contribution in [0.1, 0.15) is 79.0 Å². The normalized spacial score (nSPS) is 19.0. The molecule has 3 heterocycles. The highest BCUT2D eigenvalue weighted by Gasteiger charge is 2.39. The maximum absolute atomic E-state index is 13.7. The van der Waals surface area contributed by atoms with Gasteiger partial charge in [-0.3, -0.25) is 10.2 Å². The fraction of sp³-hybridized carbons (Fsp3) is 0.517. The molecule has 0 saturated carbocycles. The van der Waals surface area contributed by atoms with Gasteiger partial charge in [-0.25, -0.2) is 5.53 Å². The van der Waals surface area contributed by atoms with Crippen LogP contribution in [-0.2, 0) is 41.6 Å². The maximum Gasteiger partial charge on any atom is 0.416 e. The second kappa shape index (κ2) is 11.9. The zero-order chi connectivity index (χ0) is 31.1. The highest BCUT2D eigenvalue weighted by Crippen LogP contribution is 2.43. The van der Waals surface area contributed by atoms with Gasteiger partial charge in [-0.2, -0.15) is 26.3 Å². The lowest BCUT2D eigenvalue weighted by Crippen LogP contribution is -2.46. The number of ether oxygens (including phenoxy) is 1. The summed E-state index contributed by atoms with van der Waals surface area (Å²) in [7, 11) is 1.63. The Morgan fingerprint density at radius 3 is 2.21 bits per heavy atom. The Kier molecular flexibility index (Phi) is 8.54. The first-order valence-electron chi connectivity index (χ1n) is 14.2. The third kappa shape index (κ3) is 6.40. The standard InChI is InChI=1S/C29H34F6N6O2/c1-4-18(5-2)26(42)40-8-6-7-24(23-11-19-15-43-16-20(19)12-25(23)40)41(27-36-38-39(3)37-27)14-17-9-21(28(30,31)32)13-22(10-17)29(33,34)35/h9-13,18,24,38H,4-8,14-16H2,1-3H3,(H,36,37)/t24-/m0/s1. The molecule has 0 aliphatic carbocycles. The molecule has 14 heteroatoms. The van der Waals surface area contributed by atoms with Gasteiger partial charge in [0.25, 0.3) is 0 Å². The van der Waals surface area contributed by atoms with Crippen LogP contribution >= 0.6 is 0 Å². The molecular weight excluding hydrogens is 578 g/mol. The molecule has 0 spiro atoms. The zero-order valence-electron chi connectivity index (χ0n) is 24.1. The molecule has 5 rings (SSSR count). The van der Waals surface area contributed by atoms with E-state index in [0.717, 1.165) is 28.8 Å². The predicted molar refractivity (Wildman–Crippen MR) is 147 cm³/mol. The lowest BCUT2D eigenvalue weighted by molar-refractivity contribution is -0.143. The second-order valence-electron chi connectivity index (χ2n) is 11.1. The number of hydrogen-bond acceptors (Lipinski definition) is 7. The molecule has 3 aliphatic rings. The summed E-state index contributed by atoms with van der Waals surface area (Å²) in [6.45, 7) is 4.78. The topological polar surface area (TPSA) is 72.4 Å². The van der Waals surface area contributed by atoms with Gasteiger partial charge in [-0.05, 0) is 78.3 Å². The van der Waals surface area contributed by atoms with Crippen molar-refractivity contribution < 1.29 is 35.9 Å². The molecule has 1 atom stereocenters. The van der Waals surface area contributed by atoms with Gasteiger partial charge < -0.3 is 14.5 Å². The Morgan fingerprint density at radius 2 is 1.65 bits per heavy atom. The van der Waals surface area contributed by atoms with Crippen LogP contribution < -0.4 is 15.9 Å². The van der Waals surface area contributed by atoms with Crippen molar-refractivity contribution in [2.24, 2.45) is 11.0 Å². The van der Waals surface area contributed by atoms with Crippen LogP contribution in [0, 0.1) is 5.92 Å². The third-order valence-electron chi connectivity index (χ3n) is 8.20. The monoisotopic (exact) mass is 612 g/mol. The Morgan fingerprint density at radius 1 is 1.02 bits per heavy atom. The predicted octanol–water partition coefficient (Wildman–Crippen LogP) is 6.09. The molecule has 43 heavy (non-hydrogen) atoms. The van der Waals surface area contributed by atoms with Crippen molar-refractivity contribution in [1.29, 1.82) is 0 Å². The van der Waals surface area contributed by atoms with Crippen LogP contribution in [0.25, 0.3) is 0 Å². The van der Waals surface area contributed by atoms with Crippen LogP contribution in [0.5, 0.6) is 0 Å². The zero-order valence-corrected chi connectivity index (χ0v) is 24.1. The molecule has 0 saturated heterocycles. The number of hydrazone groups is 1. The van der Waals surface area contributed by atoms with Gasteiger partial charge in [0.05, 0.1) is 30.4 Å². The van der Waals surface area contributed by atoms with Crippen LogP contribution in [0.15, 0.2) is 35.4 Å². The number of hydrazine groups is 2. The van der Waals surface area contributed by atoms with Crippen molar-refractivity contribution in [3.05, 3.63) is 63.7 Å².